The van der Waals surface area contributed by atoms with Gasteiger partial charge in [-0.15, -0.1) is 0 Å². The van der Waals surface area contributed by atoms with Gasteiger partial charge in [-0.3, -0.25) is 4.68 Å². The topological polar surface area (TPSA) is 27.1 Å². The molecule has 0 aliphatic carbocycles. The molecule has 1 aromatic rings. The van der Waals surface area contributed by atoms with Crippen LogP contribution in [0.2, 0.25) is 5.15 Å². The van der Waals surface area contributed by atoms with Gasteiger partial charge in [0.1, 0.15) is 5.15 Å². The third kappa shape index (κ3) is 1.93. The van der Waals surface area contributed by atoms with Crippen LogP contribution in [0.15, 0.2) is 6.07 Å². The number of hydrogen-bond donors (Lipinski definition) is 0. The summed E-state index contributed by atoms with van der Waals surface area (Å²) in [6.07, 6.45) is 2.13. The van der Waals surface area contributed by atoms with Crippen molar-refractivity contribution in [2.45, 2.75) is 32.2 Å². The first-order chi connectivity index (χ1) is 6.81. The Bertz CT molecular complexity index is 305. The first-order valence-corrected chi connectivity index (χ1v) is 5.50. The van der Waals surface area contributed by atoms with E-state index in [9.17, 15) is 0 Å². The Labute approximate surface area is 89.0 Å². The van der Waals surface area contributed by atoms with Gasteiger partial charge >= 0.3 is 0 Å². The molecule has 0 atom stereocenters. The summed E-state index contributed by atoms with van der Waals surface area (Å²) in [5, 5.41) is 5.23. The van der Waals surface area contributed by atoms with Crippen molar-refractivity contribution in [1.29, 1.82) is 0 Å². The summed E-state index contributed by atoms with van der Waals surface area (Å²) in [5.74, 6) is 0.536. The van der Waals surface area contributed by atoms with Gasteiger partial charge in [0.2, 0.25) is 0 Å². The van der Waals surface area contributed by atoms with Crippen LogP contribution in [0, 0.1) is 0 Å². The lowest BCUT2D eigenvalue weighted by Gasteiger charge is -2.19. The molecule has 0 spiro atoms. The number of aryl methyl sites for hydroxylation is 1. The normalized spacial score (nSPS) is 18.7. The Kier molecular flexibility index (Phi) is 3.08. The molecule has 0 unspecified atom stereocenters. The van der Waals surface area contributed by atoms with Gasteiger partial charge in [-0.2, -0.15) is 5.10 Å². The lowest BCUT2D eigenvalue weighted by Crippen LogP contribution is -2.14. The smallest absolute Gasteiger partial charge is 0.127 e. The van der Waals surface area contributed by atoms with Crippen LogP contribution < -0.4 is 0 Å². The van der Waals surface area contributed by atoms with Crippen LogP contribution in [0.1, 0.15) is 31.4 Å². The van der Waals surface area contributed by atoms with Crippen LogP contribution in [0.3, 0.4) is 0 Å². The zero-order chi connectivity index (χ0) is 9.97. The fraction of sp³-hybridized carbons (Fsp3) is 0.700. The quantitative estimate of drug-likeness (QED) is 0.756. The maximum absolute atomic E-state index is 6.03. The van der Waals surface area contributed by atoms with E-state index >= 15 is 0 Å². The summed E-state index contributed by atoms with van der Waals surface area (Å²) >= 11 is 6.03. The number of hydrogen-bond acceptors (Lipinski definition) is 2. The molecule has 1 aliphatic rings. The van der Waals surface area contributed by atoms with Crippen LogP contribution in [-0.4, -0.2) is 23.0 Å². The first-order valence-electron chi connectivity index (χ1n) is 5.12. The van der Waals surface area contributed by atoms with Gasteiger partial charge in [-0.05, 0) is 25.8 Å². The predicted octanol–water partition coefficient (Wildman–Crippen LogP) is 2.45. The van der Waals surface area contributed by atoms with Gasteiger partial charge in [-0.25, -0.2) is 0 Å². The van der Waals surface area contributed by atoms with Gasteiger partial charge < -0.3 is 4.74 Å². The Morgan fingerprint density at radius 1 is 1.57 bits per heavy atom. The minimum absolute atomic E-state index is 0.536. The molecule has 2 rings (SSSR count). The van der Waals surface area contributed by atoms with Gasteiger partial charge in [-0.1, -0.05) is 11.6 Å². The Morgan fingerprint density at radius 2 is 2.29 bits per heavy atom. The zero-order valence-corrected chi connectivity index (χ0v) is 9.13. The molecule has 3 nitrogen and oxygen atoms in total. The second-order valence-corrected chi connectivity index (χ2v) is 3.98. The van der Waals surface area contributed by atoms with Gasteiger partial charge in [0.05, 0.1) is 5.69 Å². The fourth-order valence-corrected chi connectivity index (χ4v) is 2.10. The molecule has 1 fully saturated rings. The molecular weight excluding hydrogens is 200 g/mol. The van der Waals surface area contributed by atoms with Crippen LogP contribution in [0.5, 0.6) is 0 Å². The molecule has 0 saturated carbocycles. The van der Waals surface area contributed by atoms with E-state index in [1.807, 2.05) is 17.7 Å². The molecule has 78 valence electrons. The van der Waals surface area contributed by atoms with Crippen molar-refractivity contribution in [2.24, 2.45) is 0 Å². The van der Waals surface area contributed by atoms with Crippen LogP contribution in [0.4, 0.5) is 0 Å². The van der Waals surface area contributed by atoms with Crippen molar-refractivity contribution < 1.29 is 4.74 Å². The van der Waals surface area contributed by atoms with E-state index in [2.05, 4.69) is 5.10 Å². The van der Waals surface area contributed by atoms with E-state index in [4.69, 9.17) is 16.3 Å². The molecule has 1 aromatic heterocycles. The summed E-state index contributed by atoms with van der Waals surface area (Å²) in [6, 6.07) is 1.99. The third-order valence-corrected chi connectivity index (χ3v) is 2.99. The highest BCUT2D eigenvalue weighted by molar-refractivity contribution is 6.29. The summed E-state index contributed by atoms with van der Waals surface area (Å²) in [7, 11) is 0. The number of nitrogens with zero attached hydrogens (tertiary/aromatic N) is 2. The summed E-state index contributed by atoms with van der Waals surface area (Å²) in [4.78, 5) is 0. The SMILES string of the molecule is CCn1nc(C2CCOCC2)cc1Cl. The summed E-state index contributed by atoms with van der Waals surface area (Å²) < 4.78 is 7.16. The van der Waals surface area contributed by atoms with E-state index in [1.165, 1.54) is 0 Å². The maximum atomic E-state index is 6.03. The van der Waals surface area contributed by atoms with Crippen LogP contribution >= 0.6 is 11.6 Å². The molecule has 0 radical (unpaired) electrons. The average molecular weight is 215 g/mol. The zero-order valence-electron chi connectivity index (χ0n) is 8.37. The molecule has 14 heavy (non-hydrogen) atoms. The monoisotopic (exact) mass is 214 g/mol. The number of halogens is 1. The highest BCUT2D eigenvalue weighted by Gasteiger charge is 2.19. The number of rotatable bonds is 2. The second kappa shape index (κ2) is 4.32. The van der Waals surface area contributed by atoms with Crippen molar-refractivity contribution in [3.63, 3.8) is 0 Å². The van der Waals surface area contributed by atoms with E-state index in [1.54, 1.807) is 0 Å². The summed E-state index contributed by atoms with van der Waals surface area (Å²) in [5.41, 5.74) is 1.13. The van der Waals surface area contributed by atoms with Crippen molar-refractivity contribution in [3.8, 4) is 0 Å². The summed E-state index contributed by atoms with van der Waals surface area (Å²) in [6.45, 7) is 4.58. The molecule has 4 heteroatoms. The van der Waals surface area contributed by atoms with E-state index in [-0.39, 0.29) is 0 Å². The van der Waals surface area contributed by atoms with E-state index in [0.717, 1.165) is 43.4 Å². The lowest BCUT2D eigenvalue weighted by atomic mass is 9.97. The molecule has 0 aromatic carbocycles. The number of aromatic nitrogens is 2. The molecule has 1 saturated heterocycles. The van der Waals surface area contributed by atoms with Crippen molar-refractivity contribution in [2.75, 3.05) is 13.2 Å². The van der Waals surface area contributed by atoms with E-state index in [0.29, 0.717) is 5.92 Å². The second-order valence-electron chi connectivity index (χ2n) is 3.59. The minimum Gasteiger partial charge on any atom is -0.381 e. The first kappa shape index (κ1) is 9.99. The standard InChI is InChI=1S/C10H15ClN2O/c1-2-13-10(11)7-9(12-13)8-3-5-14-6-4-8/h7-8H,2-6H2,1H3. The maximum Gasteiger partial charge on any atom is 0.127 e. The third-order valence-electron chi connectivity index (χ3n) is 2.69. The molecule has 0 N–H and O–H groups in total. The van der Waals surface area contributed by atoms with Gasteiger partial charge in [0.15, 0.2) is 0 Å². The van der Waals surface area contributed by atoms with Crippen molar-refractivity contribution >= 4 is 11.6 Å². The average Bonchev–Trinajstić information content (AvgIpc) is 2.61. The number of ether oxygens (including phenoxy) is 1. The highest BCUT2D eigenvalue weighted by atomic mass is 35.5. The molecule has 0 bridgehead atoms. The highest BCUT2D eigenvalue weighted by Crippen LogP contribution is 2.27. The molecule has 2 heterocycles. The van der Waals surface area contributed by atoms with Crippen LogP contribution in [-0.2, 0) is 11.3 Å². The van der Waals surface area contributed by atoms with Crippen LogP contribution in [0.25, 0.3) is 0 Å². The van der Waals surface area contributed by atoms with Crippen molar-refractivity contribution in [3.05, 3.63) is 16.9 Å². The van der Waals surface area contributed by atoms with Crippen molar-refractivity contribution in [1.82, 2.24) is 9.78 Å². The lowest BCUT2D eigenvalue weighted by molar-refractivity contribution is 0.0843. The Hall–Kier alpha value is -0.540. The molecule has 0 amide bonds. The van der Waals surface area contributed by atoms with E-state index < -0.39 is 0 Å². The minimum atomic E-state index is 0.536. The Balaban J connectivity index is 2.14. The Morgan fingerprint density at radius 3 is 2.86 bits per heavy atom. The predicted molar refractivity (Wildman–Crippen MR) is 55.7 cm³/mol. The van der Waals surface area contributed by atoms with Gasteiger partial charge in [0, 0.05) is 25.7 Å². The molecular formula is C10H15ClN2O. The molecule has 1 aliphatic heterocycles. The van der Waals surface area contributed by atoms with Gasteiger partial charge in [0.25, 0.3) is 0 Å². The fourth-order valence-electron chi connectivity index (χ4n) is 1.83. The largest absolute Gasteiger partial charge is 0.381 e.